The van der Waals surface area contributed by atoms with Crippen molar-refractivity contribution in [2.75, 3.05) is 17.8 Å². The Kier molecular flexibility index (Phi) is 5.53. The number of piperidine rings is 1. The Morgan fingerprint density at radius 2 is 1.77 bits per heavy atom. The molecule has 0 radical (unpaired) electrons. The third-order valence-electron chi connectivity index (χ3n) is 4.16. The average molecular weight is 377 g/mol. The molecule has 1 atom stereocenters. The highest BCUT2D eigenvalue weighted by molar-refractivity contribution is 7.92. The van der Waals surface area contributed by atoms with Crippen molar-refractivity contribution in [2.45, 2.75) is 23.8 Å². The number of carbonyl (C=O) groups is 1. The maximum atomic E-state index is 12.9. The fourth-order valence-corrected chi connectivity index (χ4v) is 3.82. The Labute approximate surface area is 151 Å². The molecule has 2 aromatic carbocycles. The van der Waals surface area contributed by atoms with E-state index in [-0.39, 0.29) is 22.5 Å². The summed E-state index contributed by atoms with van der Waals surface area (Å²) in [6, 6.07) is 10.8. The zero-order valence-electron chi connectivity index (χ0n) is 14.0. The summed E-state index contributed by atoms with van der Waals surface area (Å²) < 4.78 is 40.0. The number of carbonyl (C=O) groups excluding carboxylic acids is 1. The maximum absolute atomic E-state index is 12.9. The van der Waals surface area contributed by atoms with Crippen molar-refractivity contribution in [3.8, 4) is 0 Å². The van der Waals surface area contributed by atoms with Gasteiger partial charge in [0.15, 0.2) is 0 Å². The summed E-state index contributed by atoms with van der Waals surface area (Å²) in [5.41, 5.74) is 0.661. The zero-order chi connectivity index (χ0) is 18.6. The van der Waals surface area contributed by atoms with Crippen molar-refractivity contribution in [2.24, 2.45) is 0 Å². The van der Waals surface area contributed by atoms with E-state index >= 15 is 0 Å². The number of hydrogen-bond acceptors (Lipinski definition) is 4. The van der Waals surface area contributed by atoms with Gasteiger partial charge in [0.05, 0.1) is 4.90 Å². The molecule has 0 saturated carbocycles. The minimum atomic E-state index is -3.81. The Bertz CT molecular complexity index is 862. The van der Waals surface area contributed by atoms with E-state index in [2.05, 4.69) is 15.4 Å². The number of hydrogen-bond donors (Lipinski definition) is 3. The third kappa shape index (κ3) is 4.59. The van der Waals surface area contributed by atoms with Crippen LogP contribution < -0.4 is 15.4 Å². The Balaban J connectivity index is 1.67. The Hall–Kier alpha value is -2.45. The van der Waals surface area contributed by atoms with Crippen molar-refractivity contribution in [3.63, 3.8) is 0 Å². The van der Waals surface area contributed by atoms with E-state index in [0.717, 1.165) is 25.9 Å². The average Bonchev–Trinajstić information content (AvgIpc) is 2.64. The molecule has 1 fully saturated rings. The van der Waals surface area contributed by atoms with Gasteiger partial charge in [0.2, 0.25) is 0 Å². The highest BCUT2D eigenvalue weighted by Gasteiger charge is 2.18. The first kappa shape index (κ1) is 18.3. The molecule has 0 aromatic heterocycles. The molecule has 6 nitrogen and oxygen atoms in total. The summed E-state index contributed by atoms with van der Waals surface area (Å²) in [5.74, 6) is -0.675. The topological polar surface area (TPSA) is 87.3 Å². The van der Waals surface area contributed by atoms with Gasteiger partial charge in [0, 0.05) is 23.8 Å². The van der Waals surface area contributed by atoms with Gasteiger partial charge in [0.25, 0.3) is 15.9 Å². The van der Waals surface area contributed by atoms with Crippen molar-refractivity contribution >= 4 is 21.6 Å². The summed E-state index contributed by atoms with van der Waals surface area (Å²) in [7, 11) is -3.81. The first-order valence-corrected chi connectivity index (χ1v) is 9.82. The van der Waals surface area contributed by atoms with Crippen LogP contribution in [0.3, 0.4) is 0 Å². The monoisotopic (exact) mass is 377 g/mol. The normalized spacial score (nSPS) is 17.5. The lowest BCUT2D eigenvalue weighted by molar-refractivity contribution is 0.0930. The van der Waals surface area contributed by atoms with Crippen molar-refractivity contribution in [1.82, 2.24) is 10.6 Å². The predicted molar refractivity (Wildman–Crippen MR) is 97.0 cm³/mol. The molecule has 1 saturated heterocycles. The molecule has 138 valence electrons. The summed E-state index contributed by atoms with van der Waals surface area (Å²) in [5, 5.41) is 6.16. The van der Waals surface area contributed by atoms with Crippen LogP contribution in [0.15, 0.2) is 53.4 Å². The lowest BCUT2D eigenvalue weighted by Gasteiger charge is -2.23. The Morgan fingerprint density at radius 1 is 1.08 bits per heavy atom. The molecule has 8 heteroatoms. The Morgan fingerprint density at radius 3 is 2.38 bits per heavy atom. The highest BCUT2D eigenvalue weighted by Crippen LogP contribution is 2.17. The molecule has 3 rings (SSSR count). The van der Waals surface area contributed by atoms with E-state index in [4.69, 9.17) is 0 Å². The minimum Gasteiger partial charge on any atom is -0.348 e. The van der Waals surface area contributed by atoms with E-state index in [0.29, 0.717) is 5.56 Å². The highest BCUT2D eigenvalue weighted by atomic mass is 32.2. The predicted octanol–water partition coefficient (Wildman–Crippen LogP) is 2.11. The van der Waals surface area contributed by atoms with E-state index in [1.165, 1.54) is 48.5 Å². The number of anilines is 1. The number of amides is 1. The van der Waals surface area contributed by atoms with E-state index in [1.807, 2.05) is 0 Å². The first-order chi connectivity index (χ1) is 12.4. The van der Waals surface area contributed by atoms with Gasteiger partial charge in [-0.05, 0) is 67.9 Å². The summed E-state index contributed by atoms with van der Waals surface area (Å²) in [6.45, 7) is 1.69. The SMILES string of the molecule is O=C(N[C@H]1CCCNC1)c1ccc(S(=O)(=O)Nc2ccc(F)cc2)cc1. The van der Waals surface area contributed by atoms with E-state index < -0.39 is 15.8 Å². The lowest BCUT2D eigenvalue weighted by atomic mass is 10.1. The standard InChI is InChI=1S/C18H20FN3O3S/c19-14-5-7-15(8-6-14)22-26(24,25)17-9-3-13(4-10-17)18(23)21-16-2-1-11-20-12-16/h3-10,16,20,22H,1-2,11-12H2,(H,21,23)/t16-/m0/s1. The van der Waals surface area contributed by atoms with Gasteiger partial charge < -0.3 is 10.6 Å². The third-order valence-corrected chi connectivity index (χ3v) is 5.55. The molecule has 1 heterocycles. The molecule has 0 aliphatic carbocycles. The lowest BCUT2D eigenvalue weighted by Crippen LogP contribution is -2.45. The number of halogens is 1. The van der Waals surface area contributed by atoms with E-state index in [9.17, 15) is 17.6 Å². The van der Waals surface area contributed by atoms with Crippen LogP contribution in [0.1, 0.15) is 23.2 Å². The second-order valence-corrected chi connectivity index (χ2v) is 7.84. The molecule has 0 unspecified atom stereocenters. The molecular formula is C18H20FN3O3S. The van der Waals surface area contributed by atoms with Crippen LogP contribution in [0.25, 0.3) is 0 Å². The smallest absolute Gasteiger partial charge is 0.261 e. The minimum absolute atomic E-state index is 0.0257. The maximum Gasteiger partial charge on any atom is 0.261 e. The van der Waals surface area contributed by atoms with Gasteiger partial charge in [-0.3, -0.25) is 9.52 Å². The van der Waals surface area contributed by atoms with Gasteiger partial charge in [0.1, 0.15) is 5.82 Å². The molecule has 0 spiro atoms. The number of sulfonamides is 1. The molecule has 2 aromatic rings. The molecule has 1 aliphatic rings. The van der Waals surface area contributed by atoms with Gasteiger partial charge in [-0.25, -0.2) is 12.8 Å². The second kappa shape index (κ2) is 7.84. The largest absolute Gasteiger partial charge is 0.348 e. The van der Waals surface area contributed by atoms with Gasteiger partial charge in [-0.2, -0.15) is 0 Å². The second-order valence-electron chi connectivity index (χ2n) is 6.15. The first-order valence-electron chi connectivity index (χ1n) is 8.34. The van der Waals surface area contributed by atoms with Crippen LogP contribution in [0, 0.1) is 5.82 Å². The van der Waals surface area contributed by atoms with Crippen LogP contribution in [0.5, 0.6) is 0 Å². The van der Waals surface area contributed by atoms with Gasteiger partial charge in [-0.1, -0.05) is 0 Å². The fourth-order valence-electron chi connectivity index (χ4n) is 2.76. The van der Waals surface area contributed by atoms with Crippen molar-refractivity contribution < 1.29 is 17.6 Å². The van der Waals surface area contributed by atoms with Gasteiger partial charge in [-0.15, -0.1) is 0 Å². The van der Waals surface area contributed by atoms with Crippen LogP contribution in [-0.4, -0.2) is 33.5 Å². The fraction of sp³-hybridized carbons (Fsp3) is 0.278. The molecular weight excluding hydrogens is 357 g/mol. The molecule has 26 heavy (non-hydrogen) atoms. The van der Waals surface area contributed by atoms with Crippen molar-refractivity contribution in [1.29, 1.82) is 0 Å². The number of nitrogens with one attached hydrogen (secondary N) is 3. The number of rotatable bonds is 5. The number of benzene rings is 2. The zero-order valence-corrected chi connectivity index (χ0v) is 14.9. The molecule has 3 N–H and O–H groups in total. The van der Waals surface area contributed by atoms with Crippen LogP contribution in [-0.2, 0) is 10.0 Å². The summed E-state index contributed by atoms with van der Waals surface area (Å²) in [6.07, 6.45) is 1.93. The summed E-state index contributed by atoms with van der Waals surface area (Å²) in [4.78, 5) is 12.3. The molecule has 0 bridgehead atoms. The molecule has 1 aliphatic heterocycles. The van der Waals surface area contributed by atoms with Crippen molar-refractivity contribution in [3.05, 3.63) is 59.9 Å². The summed E-state index contributed by atoms with van der Waals surface area (Å²) >= 11 is 0. The van der Waals surface area contributed by atoms with E-state index in [1.54, 1.807) is 0 Å². The van der Waals surface area contributed by atoms with Gasteiger partial charge >= 0.3 is 0 Å². The molecule has 1 amide bonds. The van der Waals surface area contributed by atoms with Crippen LogP contribution in [0.4, 0.5) is 10.1 Å². The quantitative estimate of drug-likeness (QED) is 0.745. The van der Waals surface area contributed by atoms with Crippen LogP contribution >= 0.6 is 0 Å². The van der Waals surface area contributed by atoms with Crippen LogP contribution in [0.2, 0.25) is 0 Å².